The zero-order valence-corrected chi connectivity index (χ0v) is 16.0. The zero-order valence-electron chi connectivity index (χ0n) is 13.6. The molecule has 1 atom stereocenters. The number of piperazine rings is 1. The Labute approximate surface area is 156 Å². The maximum atomic E-state index is 14.7. The van der Waals surface area contributed by atoms with E-state index < -0.39 is 0 Å². The molecule has 4 rings (SSSR count). The van der Waals surface area contributed by atoms with E-state index in [1.54, 1.807) is 6.07 Å². The van der Waals surface area contributed by atoms with Crippen molar-refractivity contribution in [2.24, 2.45) is 0 Å². The Morgan fingerprint density at radius 1 is 1.28 bits per heavy atom. The van der Waals surface area contributed by atoms with E-state index in [1.165, 1.54) is 28.2 Å². The molecular weight excluding hydrogens is 409 g/mol. The quantitative estimate of drug-likeness (QED) is 0.698. The van der Waals surface area contributed by atoms with Crippen molar-refractivity contribution in [3.8, 4) is 5.88 Å². The second-order valence-electron chi connectivity index (χ2n) is 6.15. The molecule has 1 N–H and O–H groups in total. The first-order chi connectivity index (χ1) is 12.0. The van der Waals surface area contributed by atoms with Crippen molar-refractivity contribution in [2.75, 3.05) is 33.2 Å². The molecule has 25 heavy (non-hydrogen) atoms. The summed E-state index contributed by atoms with van der Waals surface area (Å²) in [4.78, 5) is 9.87. The highest BCUT2D eigenvalue weighted by atomic mass is 79.9. The molecule has 0 amide bonds. The fraction of sp³-hybridized carbons (Fsp3) is 0.375. The third-order valence-corrected chi connectivity index (χ3v) is 6.13. The van der Waals surface area contributed by atoms with Crippen LogP contribution in [0.25, 0.3) is 4.96 Å². The van der Waals surface area contributed by atoms with Gasteiger partial charge in [-0.05, 0) is 19.2 Å². The number of aromatic nitrogens is 3. The largest absolute Gasteiger partial charge is 0.492 e. The van der Waals surface area contributed by atoms with Gasteiger partial charge in [-0.1, -0.05) is 33.3 Å². The van der Waals surface area contributed by atoms with Gasteiger partial charge in [0.25, 0.3) is 0 Å². The summed E-state index contributed by atoms with van der Waals surface area (Å²) < 4.78 is 16.8. The van der Waals surface area contributed by atoms with Crippen molar-refractivity contribution >= 4 is 32.2 Å². The van der Waals surface area contributed by atoms with Crippen LogP contribution < -0.4 is 0 Å². The van der Waals surface area contributed by atoms with Gasteiger partial charge in [0.2, 0.25) is 10.8 Å². The molecule has 6 nitrogen and oxygen atoms in total. The minimum absolute atomic E-state index is 0.0312. The molecule has 0 aliphatic carbocycles. The van der Waals surface area contributed by atoms with Crippen LogP contribution in [0.1, 0.15) is 16.5 Å². The Kier molecular flexibility index (Phi) is 4.48. The average Bonchev–Trinajstić information content (AvgIpc) is 3.15. The van der Waals surface area contributed by atoms with Crippen LogP contribution in [0.3, 0.4) is 0 Å². The molecule has 0 saturated carbocycles. The van der Waals surface area contributed by atoms with E-state index in [0.29, 0.717) is 19.9 Å². The Morgan fingerprint density at radius 2 is 2.04 bits per heavy atom. The van der Waals surface area contributed by atoms with Gasteiger partial charge >= 0.3 is 0 Å². The first-order valence-corrected chi connectivity index (χ1v) is 9.54. The van der Waals surface area contributed by atoms with Gasteiger partial charge < -0.3 is 10.0 Å². The van der Waals surface area contributed by atoms with E-state index in [1.807, 2.05) is 6.07 Å². The normalized spacial score (nSPS) is 18.0. The average molecular weight is 426 g/mol. The minimum atomic E-state index is -0.365. The maximum Gasteiger partial charge on any atom is 0.230 e. The lowest BCUT2D eigenvalue weighted by Gasteiger charge is -2.37. The molecule has 132 valence electrons. The summed E-state index contributed by atoms with van der Waals surface area (Å²) in [6, 6.07) is 4.70. The number of benzene rings is 1. The highest BCUT2D eigenvalue weighted by Gasteiger charge is 2.32. The number of hydrogen-bond acceptors (Lipinski definition) is 6. The molecule has 1 aliphatic heterocycles. The lowest BCUT2D eigenvalue weighted by Crippen LogP contribution is -2.46. The number of thiazole rings is 1. The molecule has 0 spiro atoms. The highest BCUT2D eigenvalue weighted by molar-refractivity contribution is 9.10. The van der Waals surface area contributed by atoms with Gasteiger partial charge in [-0.25, -0.2) is 9.37 Å². The van der Waals surface area contributed by atoms with Gasteiger partial charge in [-0.3, -0.25) is 4.90 Å². The van der Waals surface area contributed by atoms with Gasteiger partial charge in [0.05, 0.1) is 10.9 Å². The molecule has 9 heteroatoms. The predicted octanol–water partition coefficient (Wildman–Crippen LogP) is 2.73. The van der Waals surface area contributed by atoms with Crippen LogP contribution in [0.15, 0.2) is 29.0 Å². The van der Waals surface area contributed by atoms with E-state index in [-0.39, 0.29) is 17.7 Å². The molecule has 1 aliphatic rings. The number of halogens is 2. The summed E-state index contributed by atoms with van der Waals surface area (Å²) in [7, 11) is 2.08. The van der Waals surface area contributed by atoms with Crippen LogP contribution in [-0.4, -0.2) is 62.7 Å². The van der Waals surface area contributed by atoms with E-state index >= 15 is 0 Å². The molecule has 1 aromatic carbocycles. The highest BCUT2D eigenvalue weighted by Crippen LogP contribution is 2.41. The van der Waals surface area contributed by atoms with Crippen LogP contribution >= 0.6 is 27.3 Å². The number of likely N-dealkylation sites (N-methyl/N-ethyl adjacent to an activating group) is 1. The predicted molar refractivity (Wildman–Crippen MR) is 97.5 cm³/mol. The van der Waals surface area contributed by atoms with Crippen molar-refractivity contribution in [1.82, 2.24) is 24.4 Å². The van der Waals surface area contributed by atoms with Gasteiger partial charge in [-0.15, -0.1) is 0 Å². The summed E-state index contributed by atoms with van der Waals surface area (Å²) in [5.41, 5.74) is 0.549. The first-order valence-electron chi connectivity index (χ1n) is 7.93. The lowest BCUT2D eigenvalue weighted by molar-refractivity contribution is 0.125. The molecule has 2 aromatic heterocycles. The Bertz CT molecular complexity index is 905. The van der Waals surface area contributed by atoms with Crippen LogP contribution in [0, 0.1) is 5.82 Å². The van der Waals surface area contributed by atoms with Crippen molar-refractivity contribution in [2.45, 2.75) is 6.04 Å². The Hall–Kier alpha value is -1.55. The molecular formula is C16H17BrFN5OS. The van der Waals surface area contributed by atoms with E-state index in [9.17, 15) is 9.50 Å². The summed E-state index contributed by atoms with van der Waals surface area (Å²) in [6.45, 7) is 3.39. The van der Waals surface area contributed by atoms with Crippen LogP contribution in [0.2, 0.25) is 0 Å². The third kappa shape index (κ3) is 3.05. The number of rotatable bonds is 3. The Morgan fingerprint density at radius 3 is 2.72 bits per heavy atom. The fourth-order valence-electron chi connectivity index (χ4n) is 3.18. The van der Waals surface area contributed by atoms with Crippen LogP contribution in [0.5, 0.6) is 5.88 Å². The summed E-state index contributed by atoms with van der Waals surface area (Å²) >= 11 is 4.66. The summed E-state index contributed by atoms with van der Waals surface area (Å²) in [6.07, 6.45) is 1.40. The minimum Gasteiger partial charge on any atom is -0.492 e. The Balaban J connectivity index is 1.83. The lowest BCUT2D eigenvalue weighted by atomic mass is 10.0. The van der Waals surface area contributed by atoms with Crippen LogP contribution in [0.4, 0.5) is 4.39 Å². The second-order valence-corrected chi connectivity index (χ2v) is 8.08. The van der Waals surface area contributed by atoms with Crippen molar-refractivity contribution in [3.05, 3.63) is 45.3 Å². The molecule has 0 radical (unpaired) electrons. The molecule has 0 bridgehead atoms. The van der Waals surface area contributed by atoms with Crippen LogP contribution in [-0.2, 0) is 0 Å². The van der Waals surface area contributed by atoms with Gasteiger partial charge in [0, 0.05) is 36.2 Å². The SMILES string of the molecule is CN1CCN([C@@H](c2ccc(Br)cc2F)c2sc3ncnn3c2O)CC1. The van der Waals surface area contributed by atoms with Crippen molar-refractivity contribution in [3.63, 3.8) is 0 Å². The monoisotopic (exact) mass is 425 g/mol. The molecule has 1 fully saturated rings. The van der Waals surface area contributed by atoms with Crippen molar-refractivity contribution < 1.29 is 9.50 Å². The second kappa shape index (κ2) is 6.64. The van der Waals surface area contributed by atoms with Gasteiger partial charge in [0.1, 0.15) is 12.1 Å². The zero-order chi connectivity index (χ0) is 17.6. The summed E-state index contributed by atoms with van der Waals surface area (Å²) in [5, 5.41) is 14.7. The molecule has 3 heterocycles. The number of fused-ring (bicyclic) bond motifs is 1. The van der Waals surface area contributed by atoms with E-state index in [2.05, 4.69) is 42.9 Å². The molecule has 3 aromatic rings. The van der Waals surface area contributed by atoms with E-state index in [0.717, 1.165) is 26.2 Å². The standard InChI is InChI=1S/C16H17BrFN5OS/c1-21-4-6-22(7-5-21)13(11-3-2-10(17)8-12(11)18)14-15(24)23-16(25-14)19-9-20-23/h2-3,8-9,13,24H,4-7H2,1H3/t13-/m0/s1. The van der Waals surface area contributed by atoms with Gasteiger partial charge in [0.15, 0.2) is 0 Å². The van der Waals surface area contributed by atoms with Crippen molar-refractivity contribution in [1.29, 1.82) is 0 Å². The number of nitrogens with zero attached hydrogens (tertiary/aromatic N) is 5. The fourth-order valence-corrected chi connectivity index (χ4v) is 4.59. The third-order valence-electron chi connectivity index (χ3n) is 4.55. The number of hydrogen-bond donors (Lipinski definition) is 1. The van der Waals surface area contributed by atoms with E-state index in [4.69, 9.17) is 0 Å². The summed E-state index contributed by atoms with van der Waals surface area (Å²) in [5.74, 6) is -0.263. The maximum absolute atomic E-state index is 14.7. The topological polar surface area (TPSA) is 56.9 Å². The molecule has 1 saturated heterocycles. The first kappa shape index (κ1) is 16.9. The number of aromatic hydroxyl groups is 1. The molecule has 0 unspecified atom stereocenters. The smallest absolute Gasteiger partial charge is 0.230 e. The van der Waals surface area contributed by atoms with Gasteiger partial charge in [-0.2, -0.15) is 9.61 Å².